The Labute approximate surface area is 214 Å². The van der Waals surface area contributed by atoms with Crippen molar-refractivity contribution in [1.29, 1.82) is 0 Å². The van der Waals surface area contributed by atoms with Gasteiger partial charge in [0.25, 0.3) is 0 Å². The summed E-state index contributed by atoms with van der Waals surface area (Å²) in [5.74, 6) is 0. The van der Waals surface area contributed by atoms with Crippen LogP contribution in [0.3, 0.4) is 0 Å². The first-order chi connectivity index (χ1) is 17.6. The van der Waals surface area contributed by atoms with Crippen molar-refractivity contribution in [2.45, 2.75) is 79.1 Å². The predicted molar refractivity (Wildman–Crippen MR) is 155 cm³/mol. The van der Waals surface area contributed by atoms with Crippen LogP contribution in [0, 0.1) is 0 Å². The molecule has 8 bridgehead atoms. The third kappa shape index (κ3) is 4.82. The molecule has 0 spiro atoms. The Bertz CT molecular complexity index is 1370. The van der Waals surface area contributed by atoms with Crippen LogP contribution in [0.25, 0.3) is 45.4 Å². The molecule has 3 aromatic rings. The number of aromatic amines is 2. The van der Waals surface area contributed by atoms with Gasteiger partial charge in [0.2, 0.25) is 0 Å². The number of hydrogen-bond acceptors (Lipinski definition) is 2. The van der Waals surface area contributed by atoms with Crippen molar-refractivity contribution >= 4 is 45.4 Å². The molecular formula is C32H38N4. The molecule has 0 saturated carbocycles. The molecule has 0 atom stereocenters. The molecular weight excluding hydrogens is 440 g/mol. The van der Waals surface area contributed by atoms with Crippen molar-refractivity contribution in [1.82, 2.24) is 19.9 Å². The van der Waals surface area contributed by atoms with Crippen LogP contribution in [0.4, 0.5) is 0 Å². The van der Waals surface area contributed by atoms with E-state index in [4.69, 9.17) is 9.97 Å². The van der Waals surface area contributed by atoms with Crippen molar-refractivity contribution in [2.24, 2.45) is 0 Å². The molecule has 0 saturated heterocycles. The summed E-state index contributed by atoms with van der Waals surface area (Å²) in [5.41, 5.74) is 14.0. The zero-order valence-corrected chi connectivity index (χ0v) is 22.2. The van der Waals surface area contributed by atoms with Crippen LogP contribution in [0.15, 0.2) is 36.4 Å². The summed E-state index contributed by atoms with van der Waals surface area (Å²) in [7, 11) is 0. The van der Waals surface area contributed by atoms with Gasteiger partial charge in [0.1, 0.15) is 0 Å². The molecule has 3 aromatic heterocycles. The van der Waals surface area contributed by atoms with Gasteiger partial charge >= 0.3 is 0 Å². The van der Waals surface area contributed by atoms with E-state index in [-0.39, 0.29) is 0 Å². The van der Waals surface area contributed by atoms with Gasteiger partial charge in [-0.25, -0.2) is 9.97 Å². The highest BCUT2D eigenvalue weighted by atomic mass is 14.8. The minimum absolute atomic E-state index is 1.02. The average Bonchev–Trinajstić information content (AvgIpc) is 3.63. The summed E-state index contributed by atoms with van der Waals surface area (Å²) in [6.45, 7) is 8.94. The van der Waals surface area contributed by atoms with Crippen LogP contribution in [-0.2, 0) is 12.8 Å². The maximum absolute atomic E-state index is 5.08. The van der Waals surface area contributed by atoms with E-state index in [9.17, 15) is 0 Å². The number of nitrogens with one attached hydrogen (secondary N) is 2. The third-order valence-electron chi connectivity index (χ3n) is 7.07. The number of rotatable bonds is 8. The molecule has 4 heteroatoms. The molecule has 4 nitrogen and oxygen atoms in total. The molecule has 0 radical (unpaired) electrons. The number of allylic oxidation sites excluding steroid dienone is 2. The maximum atomic E-state index is 5.08. The quantitative estimate of drug-likeness (QED) is 0.339. The first-order valence-electron chi connectivity index (χ1n) is 13.8. The van der Waals surface area contributed by atoms with Crippen molar-refractivity contribution in [3.05, 3.63) is 70.3 Å². The topological polar surface area (TPSA) is 57.4 Å². The van der Waals surface area contributed by atoms with Crippen LogP contribution < -0.4 is 0 Å². The van der Waals surface area contributed by atoms with E-state index in [1.54, 1.807) is 0 Å². The van der Waals surface area contributed by atoms with E-state index in [2.05, 4.69) is 86.2 Å². The number of aryl methyl sites for hydroxylation is 2. The van der Waals surface area contributed by atoms with E-state index in [1.165, 1.54) is 33.3 Å². The molecule has 2 N–H and O–H groups in total. The second-order valence-electron chi connectivity index (χ2n) is 10.0. The lowest BCUT2D eigenvalue weighted by molar-refractivity contribution is 0.930. The summed E-state index contributed by atoms with van der Waals surface area (Å²) >= 11 is 0. The standard InChI is InChI=1S/C32H38N4/c1-5-9-21-17-29-30-18-22(10-6-2)27(34-30)15-16-28-24(12-8-4)20-32(36-28)31-19-23(11-7-3)26(35-31)14-13-25(21)33-29/h13-20,33,35H,5-12H2,1-4H3. The normalized spacial score (nSPS) is 13.1. The maximum Gasteiger partial charge on any atom is 0.0875 e. The van der Waals surface area contributed by atoms with Gasteiger partial charge < -0.3 is 9.97 Å². The second kappa shape index (κ2) is 10.7. The lowest BCUT2D eigenvalue weighted by Gasteiger charge is -1.99. The van der Waals surface area contributed by atoms with Gasteiger partial charge in [0.15, 0.2) is 0 Å². The Morgan fingerprint density at radius 1 is 0.528 bits per heavy atom. The van der Waals surface area contributed by atoms with Gasteiger partial charge in [0, 0.05) is 11.0 Å². The van der Waals surface area contributed by atoms with E-state index >= 15 is 0 Å². The summed E-state index contributed by atoms with van der Waals surface area (Å²) in [4.78, 5) is 17.5. The molecule has 0 unspecified atom stereocenters. The molecule has 0 fully saturated rings. The van der Waals surface area contributed by atoms with Gasteiger partial charge in [-0.1, -0.05) is 53.4 Å². The average molecular weight is 479 g/mol. The van der Waals surface area contributed by atoms with Gasteiger partial charge in [-0.2, -0.15) is 0 Å². The van der Waals surface area contributed by atoms with E-state index in [1.807, 2.05) is 0 Å². The summed E-state index contributed by atoms with van der Waals surface area (Å²) in [6, 6.07) is 13.4. The summed E-state index contributed by atoms with van der Waals surface area (Å²) < 4.78 is 0. The Morgan fingerprint density at radius 3 is 1.33 bits per heavy atom. The van der Waals surface area contributed by atoms with Gasteiger partial charge in [-0.3, -0.25) is 0 Å². The fraction of sp³-hybridized carbons (Fsp3) is 0.375. The molecule has 2 aliphatic rings. The minimum atomic E-state index is 1.02. The highest BCUT2D eigenvalue weighted by Crippen LogP contribution is 2.31. The van der Waals surface area contributed by atoms with Crippen molar-refractivity contribution in [2.75, 3.05) is 0 Å². The first kappa shape index (κ1) is 24.3. The zero-order chi connectivity index (χ0) is 25.1. The minimum Gasteiger partial charge on any atom is -0.354 e. The number of hydrogen-bond donors (Lipinski definition) is 2. The Kier molecular flexibility index (Phi) is 7.22. The van der Waals surface area contributed by atoms with Crippen molar-refractivity contribution < 1.29 is 0 Å². The van der Waals surface area contributed by atoms with E-state index in [0.717, 1.165) is 85.2 Å². The second-order valence-corrected chi connectivity index (χ2v) is 10.0. The van der Waals surface area contributed by atoms with Crippen LogP contribution >= 0.6 is 0 Å². The molecule has 36 heavy (non-hydrogen) atoms. The molecule has 186 valence electrons. The summed E-state index contributed by atoms with van der Waals surface area (Å²) in [5, 5.41) is 0. The third-order valence-corrected chi connectivity index (χ3v) is 7.07. The zero-order valence-electron chi connectivity index (χ0n) is 22.2. The number of H-pyrrole nitrogens is 2. The van der Waals surface area contributed by atoms with Gasteiger partial charge in [-0.05, 0) is 96.5 Å². The largest absolute Gasteiger partial charge is 0.354 e. The van der Waals surface area contributed by atoms with Crippen LogP contribution in [0.1, 0.15) is 100 Å². The first-order valence-corrected chi connectivity index (χ1v) is 13.8. The highest BCUT2D eigenvalue weighted by Gasteiger charge is 2.15. The summed E-state index contributed by atoms with van der Waals surface area (Å²) in [6.07, 6.45) is 13.1. The fourth-order valence-corrected chi connectivity index (χ4v) is 5.33. The predicted octanol–water partition coefficient (Wildman–Crippen LogP) is 8.90. The van der Waals surface area contributed by atoms with Crippen molar-refractivity contribution in [3.8, 4) is 0 Å². The monoisotopic (exact) mass is 478 g/mol. The molecule has 2 aliphatic heterocycles. The van der Waals surface area contributed by atoms with E-state index < -0.39 is 0 Å². The lowest BCUT2D eigenvalue weighted by atomic mass is 10.1. The van der Waals surface area contributed by atoms with E-state index in [0.29, 0.717) is 0 Å². The number of nitrogens with zero attached hydrogens (tertiary/aromatic N) is 2. The van der Waals surface area contributed by atoms with Gasteiger partial charge in [-0.15, -0.1) is 0 Å². The van der Waals surface area contributed by atoms with Gasteiger partial charge in [0.05, 0.1) is 33.8 Å². The molecule has 5 rings (SSSR count). The molecule has 0 amide bonds. The van der Waals surface area contributed by atoms with Crippen molar-refractivity contribution in [3.63, 3.8) is 0 Å². The van der Waals surface area contributed by atoms with Crippen LogP contribution in [0.2, 0.25) is 0 Å². The molecule has 0 aliphatic carbocycles. The number of aromatic nitrogens is 4. The lowest BCUT2D eigenvalue weighted by Crippen LogP contribution is -1.83. The molecule has 0 aromatic carbocycles. The number of fused-ring (bicyclic) bond motifs is 10. The van der Waals surface area contributed by atoms with Crippen LogP contribution in [-0.4, -0.2) is 19.9 Å². The Hall–Kier alpha value is -3.40. The Morgan fingerprint density at radius 2 is 0.944 bits per heavy atom. The smallest absolute Gasteiger partial charge is 0.0875 e. The van der Waals surface area contributed by atoms with Crippen LogP contribution in [0.5, 0.6) is 0 Å². The fourth-order valence-electron chi connectivity index (χ4n) is 5.33. The Balaban J connectivity index is 1.84. The SMILES string of the molecule is CCCC1=Cc2nc1ccc1nc(c3cc(CCC)c(ccc4[nH]c2cc4CCC)[nH]3)C=C1CCC. The highest BCUT2D eigenvalue weighted by molar-refractivity contribution is 5.90. The molecule has 5 heterocycles.